The van der Waals surface area contributed by atoms with Gasteiger partial charge in [-0.25, -0.2) is 9.59 Å². The van der Waals surface area contributed by atoms with Gasteiger partial charge in [0, 0.05) is 17.0 Å². The summed E-state index contributed by atoms with van der Waals surface area (Å²) in [6.07, 6.45) is 4.60. The number of amides is 2. The molecule has 32 heavy (non-hydrogen) atoms. The number of rotatable bonds is 6. The topological polar surface area (TPSA) is 92.6 Å². The maximum Gasteiger partial charge on any atom is 0.360 e. The second-order valence-electron chi connectivity index (χ2n) is 7.90. The summed E-state index contributed by atoms with van der Waals surface area (Å²) >= 11 is 6.06. The number of anilines is 2. The SMILES string of the molecule is Cc1c(OCCC2CCCCN2)ccc2cc(NC(=O)Nc3ccccc3Cl)c(=O)oc12. The molecule has 3 aromatic rings. The molecular formula is C24H26ClN3O4. The van der Waals surface area contributed by atoms with Crippen LogP contribution in [0.15, 0.2) is 51.7 Å². The average molecular weight is 456 g/mol. The van der Waals surface area contributed by atoms with E-state index in [1.807, 2.05) is 19.1 Å². The molecule has 4 rings (SSSR count). The van der Waals surface area contributed by atoms with Gasteiger partial charge in [0.25, 0.3) is 0 Å². The van der Waals surface area contributed by atoms with Crippen LogP contribution < -0.4 is 26.3 Å². The standard InChI is InChI=1S/C24H26ClN3O4/c1-15-21(31-13-11-17-6-4-5-12-26-17)10-9-16-14-20(23(29)32-22(15)16)28-24(30)27-19-8-3-2-7-18(19)25/h2-3,7-10,14,17,26H,4-6,11-13H2,1H3,(H2,27,28,30). The van der Waals surface area contributed by atoms with Gasteiger partial charge in [-0.3, -0.25) is 0 Å². The number of hydrogen-bond acceptors (Lipinski definition) is 5. The summed E-state index contributed by atoms with van der Waals surface area (Å²) in [5.41, 5.74) is 1.04. The number of carbonyl (C=O) groups excluding carboxylic acids is 1. The number of urea groups is 1. The first kappa shape index (κ1) is 22.2. The highest BCUT2D eigenvalue weighted by molar-refractivity contribution is 6.33. The number of hydrogen-bond donors (Lipinski definition) is 3. The molecule has 1 aliphatic heterocycles. The maximum atomic E-state index is 12.5. The molecule has 1 aromatic heterocycles. The van der Waals surface area contributed by atoms with Crippen LogP contribution in [0.25, 0.3) is 11.0 Å². The normalized spacial score (nSPS) is 16.0. The largest absolute Gasteiger partial charge is 0.493 e. The minimum Gasteiger partial charge on any atom is -0.493 e. The van der Waals surface area contributed by atoms with Crippen LogP contribution in [0.4, 0.5) is 16.2 Å². The fourth-order valence-electron chi connectivity index (χ4n) is 3.87. The van der Waals surface area contributed by atoms with Gasteiger partial charge in [0.2, 0.25) is 0 Å². The second kappa shape index (κ2) is 10.1. The third-order valence-corrected chi connectivity index (χ3v) is 5.94. The van der Waals surface area contributed by atoms with Gasteiger partial charge in [-0.05, 0) is 63.1 Å². The zero-order chi connectivity index (χ0) is 22.5. The number of nitrogens with one attached hydrogen (secondary N) is 3. The molecule has 1 atom stereocenters. The molecule has 0 radical (unpaired) electrons. The Labute approximate surface area is 191 Å². The molecule has 8 heteroatoms. The highest BCUT2D eigenvalue weighted by Crippen LogP contribution is 2.28. The zero-order valence-corrected chi connectivity index (χ0v) is 18.6. The van der Waals surface area contributed by atoms with E-state index in [0.717, 1.165) is 18.5 Å². The number of ether oxygens (including phenoxy) is 1. The van der Waals surface area contributed by atoms with Gasteiger partial charge in [0.1, 0.15) is 17.0 Å². The fourth-order valence-corrected chi connectivity index (χ4v) is 4.05. The van der Waals surface area contributed by atoms with Crippen molar-refractivity contribution < 1.29 is 13.9 Å². The van der Waals surface area contributed by atoms with Crippen LogP contribution in [0.1, 0.15) is 31.2 Å². The average Bonchev–Trinajstić information content (AvgIpc) is 2.79. The molecule has 1 unspecified atom stereocenters. The van der Waals surface area contributed by atoms with E-state index < -0.39 is 11.7 Å². The van der Waals surface area contributed by atoms with Crippen molar-refractivity contribution >= 4 is 40.0 Å². The van der Waals surface area contributed by atoms with E-state index in [2.05, 4.69) is 16.0 Å². The molecule has 0 spiro atoms. The van der Waals surface area contributed by atoms with Crippen molar-refractivity contribution in [1.29, 1.82) is 0 Å². The molecule has 0 bridgehead atoms. The van der Waals surface area contributed by atoms with Gasteiger partial charge in [-0.15, -0.1) is 0 Å². The van der Waals surface area contributed by atoms with E-state index in [0.29, 0.717) is 40.1 Å². The Morgan fingerprint density at radius 1 is 1.19 bits per heavy atom. The van der Waals surface area contributed by atoms with Crippen LogP contribution >= 0.6 is 11.6 Å². The number of halogens is 1. The Kier molecular flexibility index (Phi) is 6.97. The van der Waals surface area contributed by atoms with Crippen molar-refractivity contribution in [2.45, 2.75) is 38.6 Å². The van der Waals surface area contributed by atoms with Crippen LogP contribution in [-0.2, 0) is 0 Å². The Bertz CT molecular complexity index is 1170. The minimum absolute atomic E-state index is 0.0403. The lowest BCUT2D eigenvalue weighted by atomic mass is 10.0. The summed E-state index contributed by atoms with van der Waals surface area (Å²) in [7, 11) is 0. The fraction of sp³-hybridized carbons (Fsp3) is 0.333. The summed E-state index contributed by atoms with van der Waals surface area (Å²) in [4.78, 5) is 24.8. The van der Waals surface area contributed by atoms with E-state index >= 15 is 0 Å². The minimum atomic E-state index is -0.640. The lowest BCUT2D eigenvalue weighted by Crippen LogP contribution is -2.35. The van der Waals surface area contributed by atoms with Crippen molar-refractivity contribution in [3.8, 4) is 5.75 Å². The molecule has 7 nitrogen and oxygen atoms in total. The Morgan fingerprint density at radius 2 is 2.00 bits per heavy atom. The van der Waals surface area contributed by atoms with Crippen molar-refractivity contribution in [3.05, 3.63) is 63.5 Å². The second-order valence-corrected chi connectivity index (χ2v) is 8.30. The molecule has 0 saturated carbocycles. The molecular weight excluding hydrogens is 430 g/mol. The molecule has 168 valence electrons. The van der Waals surface area contributed by atoms with E-state index in [1.54, 1.807) is 30.3 Å². The first-order valence-electron chi connectivity index (χ1n) is 10.8. The lowest BCUT2D eigenvalue weighted by Gasteiger charge is -2.23. The summed E-state index contributed by atoms with van der Waals surface area (Å²) in [5.74, 6) is 0.689. The third kappa shape index (κ3) is 5.23. The number of para-hydroxylation sites is 1. The van der Waals surface area contributed by atoms with Crippen LogP contribution in [-0.4, -0.2) is 25.2 Å². The van der Waals surface area contributed by atoms with Crippen molar-refractivity contribution in [2.75, 3.05) is 23.8 Å². The Morgan fingerprint density at radius 3 is 2.78 bits per heavy atom. The number of fused-ring (bicyclic) bond motifs is 1. The summed E-state index contributed by atoms with van der Waals surface area (Å²) in [5, 5.41) is 9.75. The predicted octanol–water partition coefficient (Wildman–Crippen LogP) is 5.31. The molecule has 2 heterocycles. The first-order valence-corrected chi connectivity index (χ1v) is 11.2. The number of carbonyl (C=O) groups is 1. The van der Waals surface area contributed by atoms with Gasteiger partial charge in [0.05, 0.1) is 17.3 Å². The van der Waals surface area contributed by atoms with E-state index in [-0.39, 0.29) is 5.69 Å². The van der Waals surface area contributed by atoms with Crippen molar-refractivity contribution in [2.24, 2.45) is 0 Å². The maximum absolute atomic E-state index is 12.5. The molecule has 1 saturated heterocycles. The predicted molar refractivity (Wildman–Crippen MR) is 127 cm³/mol. The monoisotopic (exact) mass is 455 g/mol. The van der Waals surface area contributed by atoms with E-state index in [9.17, 15) is 9.59 Å². The Balaban J connectivity index is 1.45. The third-order valence-electron chi connectivity index (χ3n) is 5.61. The number of piperidine rings is 1. The highest BCUT2D eigenvalue weighted by atomic mass is 35.5. The van der Waals surface area contributed by atoms with Gasteiger partial charge in [0.15, 0.2) is 0 Å². The van der Waals surface area contributed by atoms with Gasteiger partial charge >= 0.3 is 11.7 Å². The molecule has 0 aliphatic carbocycles. The molecule has 2 amide bonds. The first-order chi connectivity index (χ1) is 15.5. The lowest BCUT2D eigenvalue weighted by molar-refractivity contribution is 0.262. The summed E-state index contributed by atoms with van der Waals surface area (Å²) < 4.78 is 11.5. The molecule has 1 fully saturated rings. The zero-order valence-electron chi connectivity index (χ0n) is 17.9. The van der Waals surface area contributed by atoms with Crippen LogP contribution in [0.5, 0.6) is 5.75 Å². The molecule has 3 N–H and O–H groups in total. The quantitative estimate of drug-likeness (QED) is 0.438. The van der Waals surface area contributed by atoms with Crippen molar-refractivity contribution in [3.63, 3.8) is 0 Å². The van der Waals surface area contributed by atoms with E-state index in [1.165, 1.54) is 19.3 Å². The van der Waals surface area contributed by atoms with Gasteiger partial charge < -0.3 is 25.1 Å². The highest BCUT2D eigenvalue weighted by Gasteiger charge is 2.15. The van der Waals surface area contributed by atoms with Crippen LogP contribution in [0, 0.1) is 6.92 Å². The van der Waals surface area contributed by atoms with Gasteiger partial charge in [-0.2, -0.15) is 0 Å². The summed E-state index contributed by atoms with van der Waals surface area (Å²) in [6.45, 7) is 3.52. The van der Waals surface area contributed by atoms with Crippen molar-refractivity contribution in [1.82, 2.24) is 5.32 Å². The van der Waals surface area contributed by atoms with Gasteiger partial charge in [-0.1, -0.05) is 30.2 Å². The number of aryl methyl sites for hydroxylation is 1. The number of benzene rings is 2. The smallest absolute Gasteiger partial charge is 0.360 e. The molecule has 2 aromatic carbocycles. The van der Waals surface area contributed by atoms with Crippen LogP contribution in [0.3, 0.4) is 0 Å². The summed E-state index contributed by atoms with van der Waals surface area (Å²) in [6, 6.07) is 12.0. The van der Waals surface area contributed by atoms with E-state index in [4.69, 9.17) is 20.8 Å². The van der Waals surface area contributed by atoms with Crippen LogP contribution in [0.2, 0.25) is 5.02 Å². The Hall–Kier alpha value is -3.03. The molecule has 1 aliphatic rings.